The fourth-order valence-corrected chi connectivity index (χ4v) is 5.67. The van der Waals surface area contributed by atoms with Crippen LogP contribution in [-0.4, -0.2) is 35.0 Å². The first-order valence-corrected chi connectivity index (χ1v) is 11.2. The largest absolute Gasteiger partial charge is 0.481 e. The molecule has 158 valence electrons. The highest BCUT2D eigenvalue weighted by Gasteiger charge is 2.48. The highest BCUT2D eigenvalue weighted by molar-refractivity contribution is 6.30. The average molecular weight is 426 g/mol. The van der Waals surface area contributed by atoms with Gasteiger partial charge in [0.1, 0.15) is 0 Å². The van der Waals surface area contributed by atoms with Crippen LogP contribution in [0.25, 0.3) is 0 Å². The van der Waals surface area contributed by atoms with Gasteiger partial charge < -0.3 is 10.0 Å². The highest BCUT2D eigenvalue weighted by atomic mass is 35.5. The lowest BCUT2D eigenvalue weighted by Gasteiger charge is -2.47. The molecule has 2 aromatic carbocycles. The second-order valence-corrected chi connectivity index (χ2v) is 9.22. The predicted molar refractivity (Wildman–Crippen MR) is 118 cm³/mol. The van der Waals surface area contributed by atoms with Gasteiger partial charge in [-0.1, -0.05) is 54.1 Å². The summed E-state index contributed by atoms with van der Waals surface area (Å²) < 4.78 is 0. The molecule has 0 bridgehead atoms. The zero-order chi connectivity index (χ0) is 21.1. The molecule has 2 fully saturated rings. The number of carbonyl (C=O) groups is 2. The molecule has 1 amide bonds. The average Bonchev–Trinajstić information content (AvgIpc) is 2.79. The van der Waals surface area contributed by atoms with Crippen molar-refractivity contribution >= 4 is 24.0 Å². The van der Waals surface area contributed by atoms with Crippen LogP contribution >= 0.6 is 11.6 Å². The molecule has 4 nitrogen and oxygen atoms in total. The number of carbonyl (C=O) groups excluding carboxylic acids is 1. The lowest BCUT2D eigenvalue weighted by Crippen LogP contribution is -2.54. The molecule has 4 rings (SSSR count). The van der Waals surface area contributed by atoms with Crippen LogP contribution in [0.15, 0.2) is 54.6 Å². The number of hydrogen-bond acceptors (Lipinski definition) is 2. The van der Waals surface area contributed by atoms with Crippen LogP contribution in [0, 0.1) is 5.92 Å². The molecule has 0 aromatic heterocycles. The first kappa shape index (κ1) is 20.9. The molecule has 0 spiro atoms. The van der Waals surface area contributed by atoms with E-state index < -0.39 is 11.4 Å². The van der Waals surface area contributed by atoms with Crippen molar-refractivity contribution in [1.82, 2.24) is 4.90 Å². The van der Waals surface area contributed by atoms with Gasteiger partial charge in [0.2, 0.25) is 6.41 Å². The molecular weight excluding hydrogens is 398 g/mol. The van der Waals surface area contributed by atoms with Crippen molar-refractivity contribution < 1.29 is 14.7 Å². The standard InChI is InChI=1S/C25H28ClNO3/c26-22-12-10-19(11-13-22)18-6-8-20(9-7-18)23-16-25(24(29)30,14-15-27(23)17-28)21-4-2-1-3-5-21/h1-5,10-13,17-18,20,23H,6-9,14-16H2,(H,29,30). The second kappa shape index (κ2) is 8.81. The maximum Gasteiger partial charge on any atom is 0.314 e. The molecule has 1 N–H and O–H groups in total. The molecule has 1 saturated heterocycles. The Morgan fingerprint density at radius 2 is 1.70 bits per heavy atom. The van der Waals surface area contributed by atoms with Gasteiger partial charge in [0, 0.05) is 17.6 Å². The van der Waals surface area contributed by atoms with Crippen LogP contribution in [0.1, 0.15) is 55.6 Å². The minimum absolute atomic E-state index is 0.0290. The zero-order valence-electron chi connectivity index (χ0n) is 17.0. The van der Waals surface area contributed by atoms with Gasteiger partial charge in [-0.15, -0.1) is 0 Å². The molecule has 2 aliphatic rings. The first-order chi connectivity index (χ1) is 14.5. The summed E-state index contributed by atoms with van der Waals surface area (Å²) in [5.41, 5.74) is 1.25. The molecule has 2 unspecified atom stereocenters. The van der Waals surface area contributed by atoms with E-state index in [0.29, 0.717) is 31.2 Å². The van der Waals surface area contributed by atoms with Gasteiger partial charge >= 0.3 is 5.97 Å². The molecule has 1 aliphatic carbocycles. The number of piperidine rings is 1. The third-order valence-electron chi connectivity index (χ3n) is 7.31. The predicted octanol–water partition coefficient (Wildman–Crippen LogP) is 5.26. The normalized spacial score (nSPS) is 29.4. The lowest BCUT2D eigenvalue weighted by atomic mass is 9.65. The van der Waals surface area contributed by atoms with E-state index in [2.05, 4.69) is 12.1 Å². The van der Waals surface area contributed by atoms with Crippen molar-refractivity contribution in [2.45, 2.75) is 55.9 Å². The van der Waals surface area contributed by atoms with E-state index in [1.807, 2.05) is 47.4 Å². The number of likely N-dealkylation sites (tertiary alicyclic amines) is 1. The lowest BCUT2D eigenvalue weighted by molar-refractivity contribution is -0.149. The second-order valence-electron chi connectivity index (χ2n) is 8.78. The van der Waals surface area contributed by atoms with Crippen LogP contribution in [0.2, 0.25) is 5.02 Å². The van der Waals surface area contributed by atoms with Crippen LogP contribution < -0.4 is 0 Å². The van der Waals surface area contributed by atoms with Gasteiger partial charge in [0.05, 0.1) is 5.41 Å². The summed E-state index contributed by atoms with van der Waals surface area (Å²) in [6.07, 6.45) is 6.00. The Morgan fingerprint density at radius 1 is 1.03 bits per heavy atom. The number of carboxylic acid groups (broad SMARTS) is 1. The summed E-state index contributed by atoms with van der Waals surface area (Å²) in [5.74, 6) is 0.0609. The number of nitrogens with zero attached hydrogens (tertiary/aromatic N) is 1. The minimum Gasteiger partial charge on any atom is -0.481 e. The Hall–Kier alpha value is -2.33. The van der Waals surface area contributed by atoms with Crippen molar-refractivity contribution in [1.29, 1.82) is 0 Å². The van der Waals surface area contributed by atoms with E-state index in [1.54, 1.807) is 0 Å². The van der Waals surface area contributed by atoms with E-state index in [-0.39, 0.29) is 6.04 Å². The topological polar surface area (TPSA) is 57.6 Å². The summed E-state index contributed by atoms with van der Waals surface area (Å²) in [4.78, 5) is 26.1. The fourth-order valence-electron chi connectivity index (χ4n) is 5.54. The number of aliphatic carboxylic acids is 1. The van der Waals surface area contributed by atoms with Crippen LogP contribution in [0.4, 0.5) is 0 Å². The number of rotatable bonds is 5. The van der Waals surface area contributed by atoms with E-state index in [1.165, 1.54) is 5.56 Å². The summed E-state index contributed by atoms with van der Waals surface area (Å²) >= 11 is 6.02. The molecular formula is C25H28ClNO3. The van der Waals surface area contributed by atoms with Gasteiger partial charge in [-0.3, -0.25) is 9.59 Å². The number of amides is 1. The highest BCUT2D eigenvalue weighted by Crippen LogP contribution is 2.45. The molecule has 1 aliphatic heterocycles. The van der Waals surface area contributed by atoms with Gasteiger partial charge in [0.25, 0.3) is 0 Å². The molecule has 5 heteroatoms. The molecule has 30 heavy (non-hydrogen) atoms. The van der Waals surface area contributed by atoms with E-state index in [0.717, 1.165) is 42.7 Å². The Bertz CT molecular complexity index is 877. The van der Waals surface area contributed by atoms with Gasteiger partial charge in [-0.2, -0.15) is 0 Å². The van der Waals surface area contributed by atoms with E-state index >= 15 is 0 Å². The van der Waals surface area contributed by atoms with Gasteiger partial charge in [0.15, 0.2) is 0 Å². The minimum atomic E-state index is -0.918. The maximum absolute atomic E-state index is 12.4. The van der Waals surface area contributed by atoms with Gasteiger partial charge in [-0.25, -0.2) is 0 Å². The summed E-state index contributed by atoms with van der Waals surface area (Å²) in [6, 6.07) is 17.6. The molecule has 1 saturated carbocycles. The summed E-state index contributed by atoms with van der Waals surface area (Å²) in [5, 5.41) is 11.0. The fraction of sp³-hybridized carbons (Fsp3) is 0.440. The van der Waals surface area contributed by atoms with Crippen molar-refractivity contribution in [3.8, 4) is 0 Å². The molecule has 2 aromatic rings. The van der Waals surface area contributed by atoms with E-state index in [9.17, 15) is 14.7 Å². The molecule has 1 heterocycles. The van der Waals surface area contributed by atoms with Crippen molar-refractivity contribution in [2.24, 2.45) is 5.92 Å². The monoisotopic (exact) mass is 425 g/mol. The van der Waals surface area contributed by atoms with Crippen LogP contribution in [-0.2, 0) is 15.0 Å². The van der Waals surface area contributed by atoms with E-state index in [4.69, 9.17) is 11.6 Å². The third-order valence-corrected chi connectivity index (χ3v) is 7.56. The Morgan fingerprint density at radius 3 is 2.30 bits per heavy atom. The van der Waals surface area contributed by atoms with Crippen molar-refractivity contribution in [3.63, 3.8) is 0 Å². The zero-order valence-corrected chi connectivity index (χ0v) is 17.8. The summed E-state index contributed by atoms with van der Waals surface area (Å²) in [7, 11) is 0. The number of benzene rings is 2. The number of carboxylic acids is 1. The molecule has 0 radical (unpaired) electrons. The maximum atomic E-state index is 12.4. The van der Waals surface area contributed by atoms with Crippen LogP contribution in [0.3, 0.4) is 0 Å². The number of hydrogen-bond donors (Lipinski definition) is 1. The van der Waals surface area contributed by atoms with Crippen molar-refractivity contribution in [2.75, 3.05) is 6.54 Å². The Kier molecular flexibility index (Phi) is 6.14. The quantitative estimate of drug-likeness (QED) is 0.665. The smallest absolute Gasteiger partial charge is 0.314 e. The molecule has 2 atom stereocenters. The van der Waals surface area contributed by atoms with Crippen molar-refractivity contribution in [3.05, 3.63) is 70.7 Å². The first-order valence-electron chi connectivity index (χ1n) is 10.8. The SMILES string of the molecule is O=CN1CCC(C(=O)O)(c2ccccc2)CC1C1CCC(c2ccc(Cl)cc2)CC1. The summed E-state index contributed by atoms with van der Waals surface area (Å²) in [6.45, 7) is 0.493. The Labute approximate surface area is 182 Å². The Balaban J connectivity index is 1.52. The number of halogens is 1. The van der Waals surface area contributed by atoms with Gasteiger partial charge in [-0.05, 0) is 73.6 Å². The van der Waals surface area contributed by atoms with Crippen LogP contribution in [0.5, 0.6) is 0 Å². The third kappa shape index (κ3) is 3.98.